The van der Waals surface area contributed by atoms with Gasteiger partial charge in [0.05, 0.1) is 9.82 Å². The SMILES string of the molecule is Cc1cc(N)c([N+](=O)[O-])cc1S(=O)(=O)NCC1CC1(C)C. The van der Waals surface area contributed by atoms with Gasteiger partial charge in [-0.1, -0.05) is 13.8 Å². The molecule has 1 aliphatic rings. The van der Waals surface area contributed by atoms with E-state index in [1.807, 2.05) is 0 Å². The van der Waals surface area contributed by atoms with E-state index in [0.717, 1.165) is 12.5 Å². The number of hydrogen-bond acceptors (Lipinski definition) is 5. The van der Waals surface area contributed by atoms with Gasteiger partial charge in [-0.2, -0.15) is 0 Å². The molecule has 1 unspecified atom stereocenters. The largest absolute Gasteiger partial charge is 0.393 e. The molecule has 0 spiro atoms. The Kier molecular flexibility index (Phi) is 3.71. The molecule has 0 heterocycles. The minimum absolute atomic E-state index is 0.0419. The summed E-state index contributed by atoms with van der Waals surface area (Å²) >= 11 is 0. The molecule has 2 rings (SSSR count). The molecule has 1 fully saturated rings. The fourth-order valence-electron chi connectivity index (χ4n) is 2.36. The highest BCUT2D eigenvalue weighted by Gasteiger charge is 2.45. The van der Waals surface area contributed by atoms with Crippen LogP contribution in [0.15, 0.2) is 17.0 Å². The normalized spacial score (nSPS) is 20.2. The molecule has 0 radical (unpaired) electrons. The first-order valence-corrected chi connectivity index (χ1v) is 8.07. The van der Waals surface area contributed by atoms with Crippen molar-refractivity contribution < 1.29 is 13.3 Å². The van der Waals surface area contributed by atoms with Crippen LogP contribution in [0.4, 0.5) is 11.4 Å². The number of sulfonamides is 1. The van der Waals surface area contributed by atoms with Gasteiger partial charge in [0.2, 0.25) is 10.0 Å². The van der Waals surface area contributed by atoms with E-state index in [0.29, 0.717) is 18.0 Å². The third-order valence-corrected chi connectivity index (χ3v) is 5.61. The van der Waals surface area contributed by atoms with Crippen molar-refractivity contribution >= 4 is 21.4 Å². The number of rotatable bonds is 5. The van der Waals surface area contributed by atoms with E-state index < -0.39 is 20.6 Å². The summed E-state index contributed by atoms with van der Waals surface area (Å²) in [7, 11) is -3.78. The van der Waals surface area contributed by atoms with Crippen molar-refractivity contribution in [1.82, 2.24) is 4.72 Å². The molecule has 0 bridgehead atoms. The summed E-state index contributed by atoms with van der Waals surface area (Å²) in [4.78, 5) is 10.1. The van der Waals surface area contributed by atoms with Crippen molar-refractivity contribution in [2.45, 2.75) is 32.1 Å². The zero-order valence-electron chi connectivity index (χ0n) is 12.2. The molecule has 0 amide bonds. The monoisotopic (exact) mass is 313 g/mol. The molecule has 7 nitrogen and oxygen atoms in total. The maximum Gasteiger partial charge on any atom is 0.293 e. The summed E-state index contributed by atoms with van der Waals surface area (Å²) in [6.45, 7) is 6.05. The van der Waals surface area contributed by atoms with Crippen molar-refractivity contribution in [3.63, 3.8) is 0 Å². The number of benzene rings is 1. The first-order chi connectivity index (χ1) is 9.54. The smallest absolute Gasteiger partial charge is 0.293 e. The lowest BCUT2D eigenvalue weighted by molar-refractivity contribution is -0.384. The molecule has 1 aromatic rings. The fourth-order valence-corrected chi connectivity index (χ4v) is 3.69. The number of aryl methyl sites for hydroxylation is 1. The quantitative estimate of drug-likeness (QED) is 0.488. The molecule has 116 valence electrons. The maximum atomic E-state index is 12.3. The summed E-state index contributed by atoms with van der Waals surface area (Å²) in [6.07, 6.45) is 0.969. The standard InChI is InChI=1S/C13H19N3O4S/c1-8-4-10(14)11(16(17)18)5-12(8)21(19,20)15-7-9-6-13(9,2)3/h4-5,9,15H,6-7,14H2,1-3H3. The average molecular weight is 313 g/mol. The lowest BCUT2D eigenvalue weighted by atomic mass is 10.1. The number of nitrogen functional groups attached to an aromatic ring is 1. The van der Waals surface area contributed by atoms with Gasteiger partial charge in [-0.3, -0.25) is 10.1 Å². The number of nitro groups is 1. The van der Waals surface area contributed by atoms with Crippen LogP contribution in [-0.4, -0.2) is 19.9 Å². The van der Waals surface area contributed by atoms with Crippen LogP contribution in [0.5, 0.6) is 0 Å². The molecule has 21 heavy (non-hydrogen) atoms. The second-order valence-electron chi connectivity index (χ2n) is 6.18. The fraction of sp³-hybridized carbons (Fsp3) is 0.538. The van der Waals surface area contributed by atoms with Crippen LogP contribution in [0.3, 0.4) is 0 Å². The van der Waals surface area contributed by atoms with Crippen molar-refractivity contribution in [1.29, 1.82) is 0 Å². The number of nitro benzene ring substituents is 1. The predicted octanol–water partition coefficient (Wildman–Crippen LogP) is 1.81. The van der Waals surface area contributed by atoms with E-state index in [4.69, 9.17) is 5.73 Å². The van der Waals surface area contributed by atoms with Gasteiger partial charge >= 0.3 is 0 Å². The van der Waals surface area contributed by atoms with Gasteiger partial charge in [-0.15, -0.1) is 0 Å². The van der Waals surface area contributed by atoms with Crippen LogP contribution in [0.2, 0.25) is 0 Å². The van der Waals surface area contributed by atoms with Gasteiger partial charge in [-0.25, -0.2) is 13.1 Å². The zero-order valence-corrected chi connectivity index (χ0v) is 13.0. The van der Waals surface area contributed by atoms with E-state index in [9.17, 15) is 18.5 Å². The molecule has 3 N–H and O–H groups in total. The third-order valence-electron chi connectivity index (χ3n) is 4.05. The van der Waals surface area contributed by atoms with Gasteiger partial charge in [0, 0.05) is 12.6 Å². The van der Waals surface area contributed by atoms with Crippen LogP contribution in [0.1, 0.15) is 25.8 Å². The lowest BCUT2D eigenvalue weighted by Gasteiger charge is -2.11. The number of nitrogens with one attached hydrogen (secondary N) is 1. The minimum atomic E-state index is -3.78. The van der Waals surface area contributed by atoms with Crippen LogP contribution in [0, 0.1) is 28.4 Å². The molecular formula is C13H19N3O4S. The van der Waals surface area contributed by atoms with E-state index in [-0.39, 0.29) is 16.0 Å². The second-order valence-corrected chi connectivity index (χ2v) is 7.91. The summed E-state index contributed by atoms with van der Waals surface area (Å²) in [5.41, 5.74) is 5.65. The molecule has 1 aliphatic carbocycles. The molecule has 1 aromatic carbocycles. The van der Waals surface area contributed by atoms with Gasteiger partial charge in [0.25, 0.3) is 5.69 Å². The van der Waals surface area contributed by atoms with Crippen molar-refractivity contribution in [2.75, 3.05) is 12.3 Å². The van der Waals surface area contributed by atoms with Crippen LogP contribution >= 0.6 is 0 Å². The predicted molar refractivity (Wildman–Crippen MR) is 79.3 cm³/mol. The zero-order chi connectivity index (χ0) is 16.0. The van der Waals surface area contributed by atoms with Crippen molar-refractivity contribution in [3.8, 4) is 0 Å². The molecule has 0 aromatic heterocycles. The Labute approximate surface area is 123 Å². The third kappa shape index (κ3) is 3.16. The number of anilines is 1. The Bertz CT molecular complexity index is 698. The lowest BCUT2D eigenvalue weighted by Crippen LogP contribution is -2.27. The van der Waals surface area contributed by atoms with E-state index in [2.05, 4.69) is 18.6 Å². The Balaban J connectivity index is 2.27. The van der Waals surface area contributed by atoms with Crippen molar-refractivity contribution in [3.05, 3.63) is 27.8 Å². The summed E-state index contributed by atoms with van der Waals surface area (Å²) in [6, 6.07) is 2.33. The van der Waals surface area contributed by atoms with Crippen LogP contribution in [0.25, 0.3) is 0 Å². The summed E-state index contributed by atoms with van der Waals surface area (Å²) < 4.78 is 27.1. The summed E-state index contributed by atoms with van der Waals surface area (Å²) in [5, 5.41) is 10.9. The van der Waals surface area contributed by atoms with Gasteiger partial charge in [-0.05, 0) is 36.3 Å². The topological polar surface area (TPSA) is 115 Å². The molecule has 1 atom stereocenters. The Hall–Kier alpha value is -1.67. The second kappa shape index (κ2) is 4.96. The highest BCUT2D eigenvalue weighted by atomic mass is 32.2. The molecule has 1 saturated carbocycles. The Morgan fingerprint density at radius 1 is 1.48 bits per heavy atom. The van der Waals surface area contributed by atoms with Gasteiger partial charge in [0.1, 0.15) is 5.69 Å². The molecule has 0 saturated heterocycles. The molecule has 0 aliphatic heterocycles. The van der Waals surface area contributed by atoms with Crippen LogP contribution in [-0.2, 0) is 10.0 Å². The van der Waals surface area contributed by atoms with E-state index in [1.165, 1.54) is 6.07 Å². The minimum Gasteiger partial charge on any atom is -0.393 e. The Morgan fingerprint density at radius 3 is 2.52 bits per heavy atom. The highest BCUT2D eigenvalue weighted by molar-refractivity contribution is 7.89. The van der Waals surface area contributed by atoms with E-state index in [1.54, 1.807) is 6.92 Å². The molecular weight excluding hydrogens is 294 g/mol. The maximum absolute atomic E-state index is 12.3. The average Bonchev–Trinajstić information content (AvgIpc) is 2.94. The first-order valence-electron chi connectivity index (χ1n) is 6.59. The Morgan fingerprint density at radius 2 is 2.05 bits per heavy atom. The first kappa shape index (κ1) is 15.7. The van der Waals surface area contributed by atoms with Crippen molar-refractivity contribution in [2.24, 2.45) is 11.3 Å². The van der Waals surface area contributed by atoms with E-state index >= 15 is 0 Å². The van der Waals surface area contributed by atoms with Gasteiger partial charge in [0.15, 0.2) is 0 Å². The molecule has 8 heteroatoms. The summed E-state index contributed by atoms with van der Waals surface area (Å²) in [5.74, 6) is 0.302. The number of nitrogens with zero attached hydrogens (tertiary/aromatic N) is 1. The highest BCUT2D eigenvalue weighted by Crippen LogP contribution is 2.51. The number of nitrogens with two attached hydrogens (primary N) is 1. The van der Waals surface area contributed by atoms with Crippen LogP contribution < -0.4 is 10.5 Å². The number of hydrogen-bond donors (Lipinski definition) is 2. The van der Waals surface area contributed by atoms with Gasteiger partial charge < -0.3 is 5.73 Å².